The Bertz CT molecular complexity index is 950. The average molecular weight is 400 g/mol. The van der Waals surface area contributed by atoms with Crippen LogP contribution in [0.15, 0.2) is 64.1 Å². The van der Waals surface area contributed by atoms with Crippen molar-refractivity contribution in [3.63, 3.8) is 0 Å². The van der Waals surface area contributed by atoms with Crippen LogP contribution in [0.2, 0.25) is 5.02 Å². The number of quaternary nitrogens is 1. The van der Waals surface area contributed by atoms with Crippen molar-refractivity contribution in [2.24, 2.45) is 0 Å². The summed E-state index contributed by atoms with van der Waals surface area (Å²) < 4.78 is 7.01. The van der Waals surface area contributed by atoms with Crippen LogP contribution >= 0.6 is 11.6 Å². The van der Waals surface area contributed by atoms with Gasteiger partial charge in [0, 0.05) is 0 Å². The first kappa shape index (κ1) is 18.8. The van der Waals surface area contributed by atoms with E-state index in [-0.39, 0.29) is 16.6 Å². The lowest BCUT2D eigenvalue weighted by atomic mass is 10.1. The number of piperidine rings is 1. The summed E-state index contributed by atoms with van der Waals surface area (Å²) in [4.78, 5) is 14.2. The van der Waals surface area contributed by atoms with Gasteiger partial charge >= 0.3 is 0 Å². The fraction of sp³-hybridized carbons (Fsp3) is 0.333. The van der Waals surface area contributed by atoms with Crippen LogP contribution in [0, 0.1) is 0 Å². The molecule has 3 aromatic rings. The van der Waals surface area contributed by atoms with Crippen molar-refractivity contribution >= 4 is 17.3 Å². The lowest BCUT2D eigenvalue weighted by molar-refractivity contribution is -0.935. The Hall–Kier alpha value is -2.57. The molecular formula is C21H24ClN4O2+. The summed E-state index contributed by atoms with van der Waals surface area (Å²) in [5.41, 5.74) is 0.900. The molecule has 2 aromatic heterocycles. The van der Waals surface area contributed by atoms with Gasteiger partial charge in [-0.15, -0.1) is 0 Å². The van der Waals surface area contributed by atoms with Crippen LogP contribution < -0.4 is 15.8 Å². The Balaban J connectivity index is 1.54. The van der Waals surface area contributed by atoms with Gasteiger partial charge in [0.15, 0.2) is 11.8 Å². The number of halogens is 1. The molecule has 1 fully saturated rings. The van der Waals surface area contributed by atoms with Crippen LogP contribution in [-0.4, -0.2) is 29.4 Å². The van der Waals surface area contributed by atoms with Crippen molar-refractivity contribution in [3.05, 3.63) is 76.1 Å². The van der Waals surface area contributed by atoms with Crippen LogP contribution in [0.1, 0.15) is 31.1 Å². The highest BCUT2D eigenvalue weighted by Gasteiger charge is 2.28. The Morgan fingerprint density at radius 2 is 1.93 bits per heavy atom. The summed E-state index contributed by atoms with van der Waals surface area (Å²) in [7, 11) is 0. The first-order chi connectivity index (χ1) is 13.7. The van der Waals surface area contributed by atoms with Gasteiger partial charge in [0.2, 0.25) is 0 Å². The van der Waals surface area contributed by atoms with E-state index in [0.29, 0.717) is 17.9 Å². The number of nitrogens with one attached hydrogen (secondary N) is 2. The Kier molecular flexibility index (Phi) is 5.78. The lowest BCUT2D eigenvalue weighted by Crippen LogP contribution is -3.13. The largest absolute Gasteiger partial charge is 0.463 e. The third-order valence-corrected chi connectivity index (χ3v) is 5.66. The molecule has 0 amide bonds. The van der Waals surface area contributed by atoms with Gasteiger partial charge in [0.25, 0.3) is 5.56 Å². The minimum Gasteiger partial charge on any atom is -0.463 e. The first-order valence-corrected chi connectivity index (χ1v) is 10.1. The number of anilines is 1. The van der Waals surface area contributed by atoms with Crippen molar-refractivity contribution in [2.75, 3.05) is 25.0 Å². The van der Waals surface area contributed by atoms with Gasteiger partial charge in [-0.1, -0.05) is 29.8 Å². The molecule has 146 valence electrons. The minimum atomic E-state index is -0.335. The van der Waals surface area contributed by atoms with Gasteiger partial charge in [-0.3, -0.25) is 4.79 Å². The van der Waals surface area contributed by atoms with Crippen molar-refractivity contribution in [2.45, 2.75) is 25.3 Å². The van der Waals surface area contributed by atoms with Gasteiger partial charge in [-0.2, -0.15) is 9.78 Å². The quantitative estimate of drug-likeness (QED) is 0.669. The summed E-state index contributed by atoms with van der Waals surface area (Å²) in [6, 6.07) is 13.4. The second-order valence-corrected chi connectivity index (χ2v) is 7.47. The highest BCUT2D eigenvalue weighted by atomic mass is 35.5. The summed E-state index contributed by atoms with van der Waals surface area (Å²) in [6.07, 6.45) is 7.06. The Morgan fingerprint density at radius 1 is 1.14 bits per heavy atom. The number of hydrogen-bond donors (Lipinski definition) is 2. The molecule has 0 unspecified atom stereocenters. The highest BCUT2D eigenvalue weighted by molar-refractivity contribution is 6.32. The molecule has 0 radical (unpaired) electrons. The van der Waals surface area contributed by atoms with Crippen molar-refractivity contribution < 1.29 is 9.32 Å². The normalized spacial score (nSPS) is 16.0. The smallest absolute Gasteiger partial charge is 0.292 e. The van der Waals surface area contributed by atoms with Gasteiger partial charge < -0.3 is 14.6 Å². The van der Waals surface area contributed by atoms with Crippen LogP contribution in [0.4, 0.5) is 5.69 Å². The second kappa shape index (κ2) is 8.63. The molecule has 28 heavy (non-hydrogen) atoms. The standard InChI is InChI=1S/C21H23ClN4O2/c22-20-17(14-24-26(21(20)27)16-8-3-1-4-9-16)23-15-18(19-10-7-13-28-19)25-11-5-2-6-12-25/h1,3-4,7-10,13-14,18,23H,2,5-6,11-12,15H2/p+1/t18-/m1/s1. The molecule has 0 spiro atoms. The number of likely N-dealkylation sites (tertiary alicyclic amines) is 1. The zero-order valence-corrected chi connectivity index (χ0v) is 16.4. The second-order valence-electron chi connectivity index (χ2n) is 7.09. The third kappa shape index (κ3) is 3.98. The number of rotatable bonds is 6. The van der Waals surface area contributed by atoms with E-state index in [9.17, 15) is 4.79 Å². The molecule has 4 rings (SSSR count). The van der Waals surface area contributed by atoms with Crippen LogP contribution in [0.25, 0.3) is 5.69 Å². The number of furan rings is 1. The number of nitrogens with zero attached hydrogens (tertiary/aromatic N) is 2. The van der Waals surface area contributed by atoms with E-state index >= 15 is 0 Å². The number of hydrogen-bond acceptors (Lipinski definition) is 4. The van der Waals surface area contributed by atoms with E-state index in [1.165, 1.54) is 28.8 Å². The Morgan fingerprint density at radius 3 is 2.64 bits per heavy atom. The summed E-state index contributed by atoms with van der Waals surface area (Å²) >= 11 is 6.38. The van der Waals surface area contributed by atoms with E-state index in [2.05, 4.69) is 10.4 Å². The summed E-state index contributed by atoms with van der Waals surface area (Å²) in [5, 5.41) is 7.76. The number of aromatic nitrogens is 2. The summed E-state index contributed by atoms with van der Waals surface area (Å²) in [5.74, 6) is 0.950. The molecule has 0 bridgehead atoms. The van der Waals surface area contributed by atoms with E-state index < -0.39 is 0 Å². The molecule has 1 aromatic carbocycles. The molecule has 6 nitrogen and oxygen atoms in total. The topological polar surface area (TPSA) is 64.5 Å². The molecule has 1 atom stereocenters. The molecule has 3 heterocycles. The zero-order chi connectivity index (χ0) is 19.3. The van der Waals surface area contributed by atoms with Crippen molar-refractivity contribution in [1.29, 1.82) is 0 Å². The molecule has 2 N–H and O–H groups in total. The van der Waals surface area contributed by atoms with Gasteiger partial charge in [-0.05, 0) is 43.5 Å². The van der Waals surface area contributed by atoms with Gasteiger partial charge in [0.1, 0.15) is 5.02 Å². The first-order valence-electron chi connectivity index (χ1n) is 9.69. The third-order valence-electron chi connectivity index (χ3n) is 5.29. The Labute approximate surface area is 168 Å². The SMILES string of the molecule is O=c1c(Cl)c(NC[C@H](c2ccco2)[NH+]2CCCCC2)cnn1-c1ccccc1. The van der Waals surface area contributed by atoms with Gasteiger partial charge in [-0.25, -0.2) is 0 Å². The molecule has 0 saturated carbocycles. The maximum absolute atomic E-state index is 12.7. The molecule has 1 aliphatic rings. The maximum Gasteiger partial charge on any atom is 0.292 e. The predicted octanol–water partition coefficient (Wildman–Crippen LogP) is 2.70. The average Bonchev–Trinajstić information content (AvgIpc) is 3.27. The van der Waals surface area contributed by atoms with Crippen LogP contribution in [0.5, 0.6) is 0 Å². The number of benzene rings is 1. The van der Waals surface area contributed by atoms with E-state index in [4.69, 9.17) is 16.0 Å². The van der Waals surface area contributed by atoms with Gasteiger partial charge in [0.05, 0.1) is 43.5 Å². The molecule has 0 aliphatic carbocycles. The number of para-hydroxylation sites is 1. The maximum atomic E-state index is 12.7. The van der Waals surface area contributed by atoms with E-state index in [0.717, 1.165) is 18.8 Å². The van der Waals surface area contributed by atoms with Crippen LogP contribution in [-0.2, 0) is 0 Å². The summed E-state index contributed by atoms with van der Waals surface area (Å²) in [6.45, 7) is 2.86. The molecular weight excluding hydrogens is 376 g/mol. The fourth-order valence-electron chi connectivity index (χ4n) is 3.81. The molecule has 7 heteroatoms. The highest BCUT2D eigenvalue weighted by Crippen LogP contribution is 2.19. The van der Waals surface area contributed by atoms with E-state index in [1.54, 1.807) is 12.5 Å². The van der Waals surface area contributed by atoms with Crippen molar-refractivity contribution in [3.8, 4) is 5.69 Å². The molecule has 1 aliphatic heterocycles. The predicted molar refractivity (Wildman–Crippen MR) is 109 cm³/mol. The zero-order valence-electron chi connectivity index (χ0n) is 15.6. The lowest BCUT2D eigenvalue weighted by Gasteiger charge is -2.30. The minimum absolute atomic E-state index is 0.144. The monoisotopic (exact) mass is 399 g/mol. The van der Waals surface area contributed by atoms with Crippen molar-refractivity contribution in [1.82, 2.24) is 9.78 Å². The fourth-order valence-corrected chi connectivity index (χ4v) is 4.01. The molecule has 1 saturated heterocycles. The van der Waals surface area contributed by atoms with E-state index in [1.807, 2.05) is 42.5 Å². The van der Waals surface area contributed by atoms with Crippen LogP contribution in [0.3, 0.4) is 0 Å².